The number of hydrogen-bond acceptors (Lipinski definition) is 5. The zero-order valence-corrected chi connectivity index (χ0v) is 13.0. The molecule has 1 saturated carbocycles. The van der Waals surface area contributed by atoms with E-state index >= 15 is 0 Å². The summed E-state index contributed by atoms with van der Waals surface area (Å²) in [6.07, 6.45) is 4.41. The third kappa shape index (κ3) is 3.15. The van der Waals surface area contributed by atoms with Crippen LogP contribution in [-0.2, 0) is 14.4 Å². The number of carboxylic acids is 1. The summed E-state index contributed by atoms with van der Waals surface area (Å²) in [7, 11) is 0. The molecule has 1 heterocycles. The number of carboxylic acid groups (broad SMARTS) is 1. The van der Waals surface area contributed by atoms with Crippen LogP contribution < -0.4 is 16.0 Å². The second-order valence-corrected chi connectivity index (χ2v) is 6.32. The van der Waals surface area contributed by atoms with Crippen molar-refractivity contribution in [2.45, 2.75) is 62.9 Å². The highest BCUT2D eigenvalue weighted by atomic mass is 16.4. The summed E-state index contributed by atoms with van der Waals surface area (Å²) in [5.41, 5.74) is -2.57. The number of carbonyl (C=O) groups is 3. The maximum absolute atomic E-state index is 12.8. The Morgan fingerprint density at radius 1 is 1.05 bits per heavy atom. The van der Waals surface area contributed by atoms with Gasteiger partial charge in [-0.2, -0.15) is 0 Å². The molecule has 0 radical (unpaired) electrons. The fourth-order valence-corrected chi connectivity index (χ4v) is 3.39. The number of carbonyl (C=O) groups excluding carboxylic acids is 2. The van der Waals surface area contributed by atoms with Gasteiger partial charge in [-0.15, -0.1) is 0 Å². The zero-order valence-electron chi connectivity index (χ0n) is 13.0. The topological polar surface area (TPSA) is 108 Å². The molecule has 1 saturated heterocycles. The molecule has 7 heteroatoms. The van der Waals surface area contributed by atoms with E-state index in [1.165, 1.54) is 6.92 Å². The molecule has 1 unspecified atom stereocenters. The molecule has 4 N–H and O–H groups in total. The molecule has 0 bridgehead atoms. The van der Waals surface area contributed by atoms with E-state index in [0.717, 1.165) is 25.8 Å². The first kappa shape index (κ1) is 16.9. The van der Waals surface area contributed by atoms with Crippen LogP contribution in [0.5, 0.6) is 0 Å². The Bertz CT molecular complexity index is 450. The normalized spacial score (nSPS) is 28.4. The fraction of sp³-hybridized carbons (Fsp3) is 0.800. The third-order valence-corrected chi connectivity index (χ3v) is 4.88. The lowest BCUT2D eigenvalue weighted by molar-refractivity contribution is -0.152. The summed E-state index contributed by atoms with van der Waals surface area (Å²) in [4.78, 5) is 36.6. The molecule has 0 aromatic rings. The number of ketones is 1. The summed E-state index contributed by atoms with van der Waals surface area (Å²) in [5.74, 6) is -1.79. The molecule has 2 fully saturated rings. The summed E-state index contributed by atoms with van der Waals surface area (Å²) in [6, 6.07) is 0. The second-order valence-electron chi connectivity index (χ2n) is 6.32. The molecule has 7 nitrogen and oxygen atoms in total. The fourth-order valence-electron chi connectivity index (χ4n) is 3.39. The van der Waals surface area contributed by atoms with Crippen LogP contribution >= 0.6 is 0 Å². The molecule has 124 valence electrons. The molecule has 22 heavy (non-hydrogen) atoms. The van der Waals surface area contributed by atoms with Crippen LogP contribution in [0.3, 0.4) is 0 Å². The van der Waals surface area contributed by atoms with Crippen molar-refractivity contribution in [1.29, 1.82) is 0 Å². The molecular formula is C15H25N3O4. The van der Waals surface area contributed by atoms with Crippen molar-refractivity contribution in [3.05, 3.63) is 0 Å². The number of rotatable bonds is 4. The third-order valence-electron chi connectivity index (χ3n) is 4.88. The highest BCUT2D eigenvalue weighted by molar-refractivity contribution is 6.10. The van der Waals surface area contributed by atoms with E-state index in [1.807, 2.05) is 0 Å². The van der Waals surface area contributed by atoms with E-state index in [0.29, 0.717) is 32.4 Å². The van der Waals surface area contributed by atoms with Crippen molar-refractivity contribution in [2.24, 2.45) is 0 Å². The first-order chi connectivity index (χ1) is 10.4. The molecule has 0 spiro atoms. The first-order valence-electron chi connectivity index (χ1n) is 7.96. The van der Waals surface area contributed by atoms with Gasteiger partial charge in [0, 0.05) is 6.67 Å². The molecule has 1 atom stereocenters. The Hall–Kier alpha value is -1.47. The standard InChI is InChI=1S/C15H25N3O4/c1-11(19)15(8-5-9-16-10-17-15)12(20)18-14(13(21)22)6-3-2-4-7-14/h16-17H,2-10H2,1H3,(H,18,20)(H,21,22). The molecule has 0 aromatic heterocycles. The molecule has 1 aliphatic carbocycles. The maximum atomic E-state index is 12.8. The molecule has 0 aromatic carbocycles. The van der Waals surface area contributed by atoms with Crippen LogP contribution in [-0.4, -0.2) is 47.1 Å². The Morgan fingerprint density at radius 2 is 1.73 bits per heavy atom. The van der Waals surface area contributed by atoms with Gasteiger partial charge in [0.05, 0.1) is 0 Å². The quantitative estimate of drug-likeness (QED) is 0.551. The van der Waals surface area contributed by atoms with Crippen molar-refractivity contribution >= 4 is 17.7 Å². The van der Waals surface area contributed by atoms with Crippen molar-refractivity contribution < 1.29 is 19.5 Å². The Kier molecular flexibility index (Phi) is 5.18. The smallest absolute Gasteiger partial charge is 0.329 e. The van der Waals surface area contributed by atoms with Gasteiger partial charge >= 0.3 is 5.97 Å². The van der Waals surface area contributed by atoms with Gasteiger partial charge in [0.2, 0.25) is 5.91 Å². The van der Waals surface area contributed by atoms with E-state index in [9.17, 15) is 19.5 Å². The number of aliphatic carboxylic acids is 1. The van der Waals surface area contributed by atoms with E-state index < -0.39 is 23.0 Å². The molecule has 2 rings (SSSR count). The van der Waals surface area contributed by atoms with E-state index in [-0.39, 0.29) is 5.78 Å². The number of Topliss-reactive ketones (excluding diaryl/α,β-unsaturated/α-hetero) is 1. The highest BCUT2D eigenvalue weighted by Gasteiger charge is 2.49. The van der Waals surface area contributed by atoms with Gasteiger partial charge in [-0.3, -0.25) is 14.9 Å². The minimum Gasteiger partial charge on any atom is -0.480 e. The van der Waals surface area contributed by atoms with Crippen molar-refractivity contribution in [3.63, 3.8) is 0 Å². The number of amides is 1. The van der Waals surface area contributed by atoms with Crippen LogP contribution in [0.15, 0.2) is 0 Å². The lowest BCUT2D eigenvalue weighted by Gasteiger charge is -2.38. The first-order valence-corrected chi connectivity index (χ1v) is 7.96. The Labute approximate surface area is 130 Å². The van der Waals surface area contributed by atoms with Crippen LogP contribution in [0.4, 0.5) is 0 Å². The molecular weight excluding hydrogens is 286 g/mol. The van der Waals surface area contributed by atoms with Crippen LogP contribution in [0.2, 0.25) is 0 Å². The van der Waals surface area contributed by atoms with Gasteiger partial charge in [0.15, 0.2) is 11.3 Å². The van der Waals surface area contributed by atoms with E-state index in [1.54, 1.807) is 0 Å². The van der Waals surface area contributed by atoms with Crippen LogP contribution in [0.25, 0.3) is 0 Å². The minimum absolute atomic E-state index is 0.273. The van der Waals surface area contributed by atoms with Gasteiger partial charge in [-0.25, -0.2) is 4.79 Å². The second kappa shape index (κ2) is 6.75. The summed E-state index contributed by atoms with van der Waals surface area (Å²) >= 11 is 0. The molecule has 1 amide bonds. The predicted molar refractivity (Wildman–Crippen MR) is 80.2 cm³/mol. The average Bonchev–Trinajstić information content (AvgIpc) is 2.74. The predicted octanol–water partition coefficient (Wildman–Crippen LogP) is 0.148. The van der Waals surface area contributed by atoms with Crippen molar-refractivity contribution in [3.8, 4) is 0 Å². The summed E-state index contributed by atoms with van der Waals surface area (Å²) in [5, 5.41) is 18.3. The summed E-state index contributed by atoms with van der Waals surface area (Å²) < 4.78 is 0. The van der Waals surface area contributed by atoms with Gasteiger partial charge in [0.25, 0.3) is 0 Å². The summed E-state index contributed by atoms with van der Waals surface area (Å²) in [6.45, 7) is 2.46. The lowest BCUT2D eigenvalue weighted by Crippen LogP contribution is -2.67. The van der Waals surface area contributed by atoms with Crippen molar-refractivity contribution in [2.75, 3.05) is 13.2 Å². The average molecular weight is 311 g/mol. The molecule has 2 aliphatic rings. The van der Waals surface area contributed by atoms with Gasteiger partial charge in [-0.05, 0) is 39.2 Å². The number of hydrogen-bond donors (Lipinski definition) is 4. The maximum Gasteiger partial charge on any atom is 0.329 e. The monoisotopic (exact) mass is 311 g/mol. The highest BCUT2D eigenvalue weighted by Crippen LogP contribution is 2.30. The van der Waals surface area contributed by atoms with Gasteiger partial charge in [0.1, 0.15) is 5.54 Å². The SMILES string of the molecule is CC(=O)C1(C(=O)NC2(C(=O)O)CCCCC2)CCCNCN1. The van der Waals surface area contributed by atoms with Gasteiger partial charge in [-0.1, -0.05) is 19.3 Å². The zero-order chi connectivity index (χ0) is 16.2. The van der Waals surface area contributed by atoms with Gasteiger partial charge < -0.3 is 15.7 Å². The van der Waals surface area contributed by atoms with Crippen LogP contribution in [0, 0.1) is 0 Å². The van der Waals surface area contributed by atoms with E-state index in [4.69, 9.17) is 0 Å². The van der Waals surface area contributed by atoms with Crippen molar-refractivity contribution in [1.82, 2.24) is 16.0 Å². The van der Waals surface area contributed by atoms with Crippen LogP contribution in [0.1, 0.15) is 51.9 Å². The number of nitrogens with one attached hydrogen (secondary N) is 3. The Balaban J connectivity index is 2.23. The largest absolute Gasteiger partial charge is 0.480 e. The minimum atomic E-state index is -1.33. The Morgan fingerprint density at radius 3 is 2.32 bits per heavy atom. The van der Waals surface area contributed by atoms with E-state index in [2.05, 4.69) is 16.0 Å². The lowest BCUT2D eigenvalue weighted by atomic mass is 9.80. The molecule has 1 aliphatic heterocycles.